The van der Waals surface area contributed by atoms with E-state index in [9.17, 15) is 19.5 Å². The van der Waals surface area contributed by atoms with Crippen LogP contribution in [0.3, 0.4) is 0 Å². The minimum atomic E-state index is -0.929. The third-order valence-corrected chi connectivity index (χ3v) is 5.60. The van der Waals surface area contributed by atoms with Crippen LogP contribution in [-0.4, -0.2) is 58.4 Å². The smallest absolute Gasteiger partial charge is 0.326 e. The SMILES string of the molecule is Cc1cc(C)cc(C(=O)N2CCCC(C(=O)N3CCCCC3C(=O)O)C2)c1. The third-order valence-electron chi connectivity index (χ3n) is 5.60. The molecule has 2 heterocycles. The molecule has 3 rings (SSSR count). The minimum Gasteiger partial charge on any atom is -0.480 e. The molecule has 2 fully saturated rings. The molecule has 0 aromatic heterocycles. The average molecular weight is 372 g/mol. The van der Waals surface area contributed by atoms with Crippen molar-refractivity contribution in [3.05, 3.63) is 34.9 Å². The first-order valence-electron chi connectivity index (χ1n) is 9.77. The van der Waals surface area contributed by atoms with Gasteiger partial charge in [0.1, 0.15) is 6.04 Å². The first kappa shape index (κ1) is 19.4. The molecule has 0 radical (unpaired) electrons. The van der Waals surface area contributed by atoms with Crippen LogP contribution in [0.15, 0.2) is 18.2 Å². The Bertz CT molecular complexity index is 725. The van der Waals surface area contributed by atoms with Crippen LogP contribution in [-0.2, 0) is 9.59 Å². The summed E-state index contributed by atoms with van der Waals surface area (Å²) >= 11 is 0. The molecule has 2 aliphatic heterocycles. The molecule has 2 saturated heterocycles. The maximum atomic E-state index is 13.0. The van der Waals surface area contributed by atoms with Crippen LogP contribution < -0.4 is 0 Å². The van der Waals surface area contributed by atoms with Crippen LogP contribution in [0.2, 0.25) is 0 Å². The molecule has 0 aliphatic carbocycles. The van der Waals surface area contributed by atoms with Crippen LogP contribution in [0.4, 0.5) is 0 Å². The number of benzene rings is 1. The van der Waals surface area contributed by atoms with E-state index < -0.39 is 12.0 Å². The highest BCUT2D eigenvalue weighted by atomic mass is 16.4. The van der Waals surface area contributed by atoms with E-state index in [0.29, 0.717) is 38.0 Å². The second kappa shape index (κ2) is 8.11. The largest absolute Gasteiger partial charge is 0.480 e. The molecule has 2 atom stereocenters. The van der Waals surface area contributed by atoms with E-state index in [-0.39, 0.29) is 17.7 Å². The lowest BCUT2D eigenvalue weighted by Gasteiger charge is -2.38. The summed E-state index contributed by atoms with van der Waals surface area (Å²) in [4.78, 5) is 40.7. The second-order valence-corrected chi connectivity index (χ2v) is 7.85. The van der Waals surface area contributed by atoms with Gasteiger partial charge in [-0.2, -0.15) is 0 Å². The zero-order chi connectivity index (χ0) is 19.6. The number of carboxylic acid groups (broad SMARTS) is 1. The number of nitrogens with zero attached hydrogens (tertiary/aromatic N) is 2. The van der Waals surface area contributed by atoms with Gasteiger partial charge < -0.3 is 14.9 Å². The fourth-order valence-corrected chi connectivity index (χ4v) is 4.33. The molecular weight excluding hydrogens is 344 g/mol. The number of aryl methyl sites for hydroxylation is 2. The van der Waals surface area contributed by atoms with E-state index in [2.05, 4.69) is 0 Å². The van der Waals surface area contributed by atoms with Gasteiger partial charge in [-0.3, -0.25) is 9.59 Å². The maximum Gasteiger partial charge on any atom is 0.326 e. The number of carbonyl (C=O) groups excluding carboxylic acids is 2. The van der Waals surface area contributed by atoms with E-state index in [4.69, 9.17) is 0 Å². The molecular formula is C21H28N2O4. The number of hydrogen-bond donors (Lipinski definition) is 1. The summed E-state index contributed by atoms with van der Waals surface area (Å²) < 4.78 is 0. The number of hydrogen-bond acceptors (Lipinski definition) is 3. The topological polar surface area (TPSA) is 77.9 Å². The highest BCUT2D eigenvalue weighted by Gasteiger charge is 2.37. The number of piperidine rings is 2. The predicted octanol–water partition coefficient (Wildman–Crippen LogP) is 2.62. The molecule has 0 bridgehead atoms. The summed E-state index contributed by atoms with van der Waals surface area (Å²) in [5.74, 6) is -1.40. The van der Waals surface area contributed by atoms with Crippen LogP contribution in [0.5, 0.6) is 0 Å². The van der Waals surface area contributed by atoms with Crippen molar-refractivity contribution in [2.75, 3.05) is 19.6 Å². The third kappa shape index (κ3) is 4.31. The Labute approximate surface area is 160 Å². The molecule has 6 heteroatoms. The standard InChI is InChI=1S/C21H28N2O4/c1-14-10-15(2)12-17(11-14)19(24)22-8-5-6-16(13-22)20(25)23-9-4-3-7-18(23)21(26)27/h10-12,16,18H,3-9,13H2,1-2H3,(H,26,27). The summed E-state index contributed by atoms with van der Waals surface area (Å²) in [6, 6.07) is 5.07. The Kier molecular flexibility index (Phi) is 5.82. The lowest BCUT2D eigenvalue weighted by molar-refractivity contribution is -0.154. The molecule has 1 N–H and O–H groups in total. The van der Waals surface area contributed by atoms with Gasteiger partial charge in [0, 0.05) is 25.2 Å². The molecule has 0 spiro atoms. The molecule has 1 aromatic carbocycles. The van der Waals surface area contributed by atoms with Gasteiger partial charge in [0.15, 0.2) is 0 Å². The van der Waals surface area contributed by atoms with Crippen LogP contribution >= 0.6 is 0 Å². The van der Waals surface area contributed by atoms with Gasteiger partial charge >= 0.3 is 5.97 Å². The monoisotopic (exact) mass is 372 g/mol. The van der Waals surface area contributed by atoms with Gasteiger partial charge in [0.05, 0.1) is 5.92 Å². The zero-order valence-electron chi connectivity index (χ0n) is 16.1. The number of likely N-dealkylation sites (tertiary alicyclic amines) is 2. The summed E-state index contributed by atoms with van der Waals surface area (Å²) in [5.41, 5.74) is 2.74. The van der Waals surface area contributed by atoms with Crippen molar-refractivity contribution >= 4 is 17.8 Å². The van der Waals surface area contributed by atoms with E-state index in [1.165, 1.54) is 4.90 Å². The van der Waals surface area contributed by atoms with Crippen molar-refractivity contribution in [1.82, 2.24) is 9.80 Å². The Morgan fingerprint density at radius 1 is 0.963 bits per heavy atom. The lowest BCUT2D eigenvalue weighted by Crippen LogP contribution is -2.53. The molecule has 146 valence electrons. The Hall–Kier alpha value is -2.37. The molecule has 2 amide bonds. The summed E-state index contributed by atoms with van der Waals surface area (Å²) in [6.07, 6.45) is 3.66. The molecule has 6 nitrogen and oxygen atoms in total. The fraction of sp³-hybridized carbons (Fsp3) is 0.571. The Morgan fingerprint density at radius 2 is 1.67 bits per heavy atom. The average Bonchev–Trinajstić information content (AvgIpc) is 2.66. The lowest BCUT2D eigenvalue weighted by atomic mass is 9.93. The van der Waals surface area contributed by atoms with Gasteiger partial charge in [-0.05, 0) is 58.1 Å². The zero-order valence-corrected chi connectivity index (χ0v) is 16.1. The van der Waals surface area contributed by atoms with E-state index in [1.54, 1.807) is 4.90 Å². The van der Waals surface area contributed by atoms with E-state index in [0.717, 1.165) is 30.4 Å². The predicted molar refractivity (Wildman–Crippen MR) is 102 cm³/mol. The van der Waals surface area contributed by atoms with Crippen LogP contribution in [0, 0.1) is 19.8 Å². The summed E-state index contributed by atoms with van der Waals surface area (Å²) in [6.45, 7) is 5.44. The second-order valence-electron chi connectivity index (χ2n) is 7.85. The van der Waals surface area contributed by atoms with Crippen molar-refractivity contribution in [2.45, 2.75) is 52.0 Å². The first-order chi connectivity index (χ1) is 12.9. The van der Waals surface area contributed by atoms with Gasteiger partial charge in [0.2, 0.25) is 5.91 Å². The highest BCUT2D eigenvalue weighted by molar-refractivity contribution is 5.95. The Balaban J connectivity index is 1.72. The van der Waals surface area contributed by atoms with Gasteiger partial charge in [-0.1, -0.05) is 17.2 Å². The van der Waals surface area contributed by atoms with Crippen molar-refractivity contribution < 1.29 is 19.5 Å². The van der Waals surface area contributed by atoms with Crippen molar-refractivity contribution in [3.8, 4) is 0 Å². The number of carbonyl (C=O) groups is 3. The number of rotatable bonds is 3. The van der Waals surface area contributed by atoms with E-state index >= 15 is 0 Å². The maximum absolute atomic E-state index is 13.0. The van der Waals surface area contributed by atoms with Crippen molar-refractivity contribution in [2.24, 2.45) is 5.92 Å². The number of amides is 2. The van der Waals surface area contributed by atoms with Gasteiger partial charge in [-0.15, -0.1) is 0 Å². The molecule has 0 saturated carbocycles. The van der Waals surface area contributed by atoms with Crippen LogP contribution in [0.25, 0.3) is 0 Å². The molecule has 27 heavy (non-hydrogen) atoms. The highest BCUT2D eigenvalue weighted by Crippen LogP contribution is 2.25. The fourth-order valence-electron chi connectivity index (χ4n) is 4.33. The normalized spacial score (nSPS) is 23.2. The first-order valence-corrected chi connectivity index (χ1v) is 9.77. The van der Waals surface area contributed by atoms with Crippen molar-refractivity contribution in [3.63, 3.8) is 0 Å². The molecule has 2 aliphatic rings. The molecule has 2 unspecified atom stereocenters. The quantitative estimate of drug-likeness (QED) is 0.885. The number of carboxylic acids is 1. The van der Waals surface area contributed by atoms with Gasteiger partial charge in [-0.25, -0.2) is 4.79 Å². The summed E-state index contributed by atoms with van der Waals surface area (Å²) in [5, 5.41) is 9.44. The van der Waals surface area contributed by atoms with E-state index in [1.807, 2.05) is 32.0 Å². The van der Waals surface area contributed by atoms with Crippen LogP contribution in [0.1, 0.15) is 53.6 Å². The minimum absolute atomic E-state index is 0.0484. The number of aliphatic carboxylic acids is 1. The van der Waals surface area contributed by atoms with Gasteiger partial charge in [0.25, 0.3) is 5.91 Å². The summed E-state index contributed by atoms with van der Waals surface area (Å²) in [7, 11) is 0. The molecule has 1 aromatic rings. The Morgan fingerprint density at radius 3 is 2.33 bits per heavy atom. The van der Waals surface area contributed by atoms with Crippen molar-refractivity contribution in [1.29, 1.82) is 0 Å².